The van der Waals surface area contributed by atoms with Crippen LogP contribution in [0.15, 0.2) is 24.4 Å². The SMILES string of the molecule is Cn1cc(C2(C=O)CC2)c2cc(F)ccc21. The third kappa shape index (κ3) is 1.14. The fourth-order valence-electron chi connectivity index (χ4n) is 2.35. The maximum Gasteiger partial charge on any atom is 0.130 e. The van der Waals surface area contributed by atoms with Crippen molar-refractivity contribution >= 4 is 17.2 Å². The molecule has 1 aromatic carbocycles. The second kappa shape index (κ2) is 2.94. The number of rotatable bonds is 2. The van der Waals surface area contributed by atoms with Gasteiger partial charge in [-0.2, -0.15) is 0 Å². The third-order valence-electron chi connectivity index (χ3n) is 3.50. The second-order valence-electron chi connectivity index (χ2n) is 4.59. The molecule has 1 fully saturated rings. The molecule has 0 unspecified atom stereocenters. The van der Waals surface area contributed by atoms with Crippen molar-refractivity contribution in [2.45, 2.75) is 18.3 Å². The first-order valence-corrected chi connectivity index (χ1v) is 5.38. The van der Waals surface area contributed by atoms with E-state index in [9.17, 15) is 9.18 Å². The topological polar surface area (TPSA) is 22.0 Å². The van der Waals surface area contributed by atoms with Crippen LogP contribution in [0.2, 0.25) is 0 Å². The number of aryl methyl sites for hydroxylation is 1. The lowest BCUT2D eigenvalue weighted by molar-refractivity contribution is -0.109. The molecule has 1 aliphatic carbocycles. The van der Waals surface area contributed by atoms with Crippen molar-refractivity contribution in [3.8, 4) is 0 Å². The van der Waals surface area contributed by atoms with E-state index in [0.717, 1.165) is 35.6 Å². The van der Waals surface area contributed by atoms with E-state index < -0.39 is 0 Å². The third-order valence-corrected chi connectivity index (χ3v) is 3.50. The molecule has 3 heteroatoms. The molecule has 16 heavy (non-hydrogen) atoms. The van der Waals surface area contributed by atoms with Gasteiger partial charge < -0.3 is 9.36 Å². The lowest BCUT2D eigenvalue weighted by atomic mass is 9.97. The zero-order chi connectivity index (χ0) is 11.3. The minimum absolute atomic E-state index is 0.248. The molecule has 0 spiro atoms. The van der Waals surface area contributed by atoms with Crippen LogP contribution >= 0.6 is 0 Å². The maximum absolute atomic E-state index is 13.2. The van der Waals surface area contributed by atoms with Crippen LogP contribution in [0.1, 0.15) is 18.4 Å². The molecule has 0 saturated heterocycles. The lowest BCUT2D eigenvalue weighted by Gasteiger charge is -2.04. The predicted molar refractivity (Wildman–Crippen MR) is 59.9 cm³/mol. The van der Waals surface area contributed by atoms with Gasteiger partial charge in [0.05, 0.1) is 5.41 Å². The van der Waals surface area contributed by atoms with Crippen LogP contribution in [0.3, 0.4) is 0 Å². The van der Waals surface area contributed by atoms with Gasteiger partial charge in [0.1, 0.15) is 12.1 Å². The Hall–Kier alpha value is -1.64. The fourth-order valence-corrected chi connectivity index (χ4v) is 2.35. The van der Waals surface area contributed by atoms with Crippen molar-refractivity contribution in [2.24, 2.45) is 7.05 Å². The monoisotopic (exact) mass is 217 g/mol. The van der Waals surface area contributed by atoms with E-state index in [1.54, 1.807) is 6.07 Å². The Morgan fingerprint density at radius 3 is 2.81 bits per heavy atom. The van der Waals surface area contributed by atoms with E-state index in [0.29, 0.717) is 0 Å². The molecule has 1 aromatic heterocycles. The summed E-state index contributed by atoms with van der Waals surface area (Å²) in [4.78, 5) is 11.1. The van der Waals surface area contributed by atoms with Crippen LogP contribution in [0, 0.1) is 5.82 Å². The Kier molecular flexibility index (Phi) is 1.76. The van der Waals surface area contributed by atoms with Gasteiger partial charge in [0.25, 0.3) is 0 Å². The molecule has 0 bridgehead atoms. The number of carbonyl (C=O) groups is 1. The van der Waals surface area contributed by atoms with Crippen LogP contribution in [0.5, 0.6) is 0 Å². The molecular weight excluding hydrogens is 205 g/mol. The average Bonchev–Trinajstić information content (AvgIpc) is 3.00. The minimum Gasteiger partial charge on any atom is -0.350 e. The van der Waals surface area contributed by atoms with E-state index in [-0.39, 0.29) is 11.2 Å². The van der Waals surface area contributed by atoms with Gasteiger partial charge in [-0.1, -0.05) is 0 Å². The standard InChI is InChI=1S/C13H12FNO/c1-15-7-11(13(8-16)4-5-13)10-6-9(14)2-3-12(10)15/h2-3,6-8H,4-5H2,1H3. The molecule has 1 aliphatic rings. The molecule has 1 saturated carbocycles. The van der Waals surface area contributed by atoms with E-state index in [1.807, 2.05) is 17.8 Å². The highest BCUT2D eigenvalue weighted by Crippen LogP contribution is 2.49. The Labute approximate surface area is 92.7 Å². The Morgan fingerprint density at radius 1 is 1.44 bits per heavy atom. The van der Waals surface area contributed by atoms with Crippen molar-refractivity contribution < 1.29 is 9.18 Å². The Morgan fingerprint density at radius 2 is 2.19 bits per heavy atom. The van der Waals surface area contributed by atoms with Gasteiger partial charge in [0, 0.05) is 24.1 Å². The van der Waals surface area contributed by atoms with Crippen molar-refractivity contribution in [1.29, 1.82) is 0 Å². The lowest BCUT2D eigenvalue weighted by Crippen LogP contribution is -2.06. The minimum atomic E-state index is -0.340. The van der Waals surface area contributed by atoms with Gasteiger partial charge in [0.15, 0.2) is 0 Å². The molecule has 2 aromatic rings. The molecule has 0 atom stereocenters. The number of nitrogens with zero attached hydrogens (tertiary/aromatic N) is 1. The van der Waals surface area contributed by atoms with Gasteiger partial charge in [-0.05, 0) is 36.6 Å². The average molecular weight is 217 g/mol. The van der Waals surface area contributed by atoms with E-state index in [4.69, 9.17) is 0 Å². The highest BCUT2D eigenvalue weighted by atomic mass is 19.1. The number of fused-ring (bicyclic) bond motifs is 1. The highest BCUT2D eigenvalue weighted by molar-refractivity contribution is 5.90. The number of benzene rings is 1. The van der Waals surface area contributed by atoms with Gasteiger partial charge >= 0.3 is 0 Å². The summed E-state index contributed by atoms with van der Waals surface area (Å²) < 4.78 is 15.2. The van der Waals surface area contributed by atoms with E-state index in [2.05, 4.69) is 0 Å². The largest absolute Gasteiger partial charge is 0.350 e. The van der Waals surface area contributed by atoms with Crippen LogP contribution in [0.25, 0.3) is 10.9 Å². The summed E-state index contributed by atoms with van der Waals surface area (Å²) in [5, 5.41) is 0.868. The van der Waals surface area contributed by atoms with Gasteiger partial charge in [-0.15, -0.1) is 0 Å². The van der Waals surface area contributed by atoms with Crippen molar-refractivity contribution in [1.82, 2.24) is 4.57 Å². The summed E-state index contributed by atoms with van der Waals surface area (Å²) in [5.41, 5.74) is 1.61. The summed E-state index contributed by atoms with van der Waals surface area (Å²) in [6.07, 6.45) is 4.72. The van der Waals surface area contributed by atoms with Crippen LogP contribution in [-0.4, -0.2) is 10.9 Å². The van der Waals surface area contributed by atoms with Crippen molar-refractivity contribution in [3.63, 3.8) is 0 Å². The number of aldehydes is 1. The summed E-state index contributed by atoms with van der Waals surface area (Å²) >= 11 is 0. The molecule has 0 radical (unpaired) electrons. The second-order valence-corrected chi connectivity index (χ2v) is 4.59. The summed E-state index contributed by atoms with van der Waals surface area (Å²) in [5.74, 6) is -0.248. The first-order valence-electron chi connectivity index (χ1n) is 5.38. The zero-order valence-electron chi connectivity index (χ0n) is 9.03. The van der Waals surface area contributed by atoms with Crippen LogP contribution in [-0.2, 0) is 17.3 Å². The summed E-state index contributed by atoms with van der Waals surface area (Å²) in [6, 6.07) is 4.73. The number of aromatic nitrogens is 1. The fraction of sp³-hybridized carbons (Fsp3) is 0.308. The zero-order valence-corrected chi connectivity index (χ0v) is 9.03. The van der Waals surface area contributed by atoms with Crippen LogP contribution < -0.4 is 0 Å². The molecule has 2 nitrogen and oxygen atoms in total. The van der Waals surface area contributed by atoms with Gasteiger partial charge in [0.2, 0.25) is 0 Å². The molecular formula is C13H12FNO. The van der Waals surface area contributed by atoms with Gasteiger partial charge in [-0.3, -0.25) is 0 Å². The first kappa shape index (κ1) is 9.58. The molecule has 82 valence electrons. The summed E-state index contributed by atoms with van der Waals surface area (Å²) in [7, 11) is 1.92. The molecule has 0 amide bonds. The maximum atomic E-state index is 13.2. The Bertz CT molecular complexity index is 581. The normalized spacial score (nSPS) is 17.6. The quantitative estimate of drug-likeness (QED) is 0.708. The van der Waals surface area contributed by atoms with E-state index in [1.165, 1.54) is 12.1 Å². The summed E-state index contributed by atoms with van der Waals surface area (Å²) in [6.45, 7) is 0. The predicted octanol–water partition coefficient (Wildman–Crippen LogP) is 2.55. The molecule has 0 aliphatic heterocycles. The van der Waals surface area contributed by atoms with E-state index >= 15 is 0 Å². The van der Waals surface area contributed by atoms with Crippen molar-refractivity contribution in [2.75, 3.05) is 0 Å². The number of hydrogen-bond donors (Lipinski definition) is 0. The first-order chi connectivity index (χ1) is 7.66. The van der Waals surface area contributed by atoms with Crippen LogP contribution in [0.4, 0.5) is 4.39 Å². The molecule has 0 N–H and O–H groups in total. The van der Waals surface area contributed by atoms with Gasteiger partial charge in [-0.25, -0.2) is 4.39 Å². The van der Waals surface area contributed by atoms with Crippen molar-refractivity contribution in [3.05, 3.63) is 35.8 Å². The molecule has 3 rings (SSSR count). The number of hydrogen-bond acceptors (Lipinski definition) is 1. The Balaban J connectivity index is 2.33. The number of halogens is 1. The number of carbonyl (C=O) groups excluding carboxylic acids is 1. The smallest absolute Gasteiger partial charge is 0.130 e. The molecule has 1 heterocycles. The highest BCUT2D eigenvalue weighted by Gasteiger charge is 2.46.